The molecule has 1 aromatic carbocycles. The molecule has 41 heavy (non-hydrogen) atoms. The van der Waals surface area contributed by atoms with E-state index in [2.05, 4.69) is 30.6 Å². The molecule has 15 nitrogen and oxygen atoms in total. The number of nitrogens with zero attached hydrogens (tertiary/aromatic N) is 3. The summed E-state index contributed by atoms with van der Waals surface area (Å²) in [5, 5.41) is 25.0. The molecule has 0 spiro atoms. The minimum absolute atomic E-state index is 0.0542. The van der Waals surface area contributed by atoms with Gasteiger partial charge in [-0.3, -0.25) is 19.4 Å². The van der Waals surface area contributed by atoms with Crippen molar-refractivity contribution >= 4 is 40.6 Å². The Kier molecular flexibility index (Phi) is 9.41. The van der Waals surface area contributed by atoms with Crippen molar-refractivity contribution in [1.29, 1.82) is 0 Å². The highest BCUT2D eigenvalue weighted by Gasteiger charge is 2.33. The number of aliphatic carboxylic acids is 1. The van der Waals surface area contributed by atoms with Crippen LogP contribution in [0.25, 0.3) is 11.2 Å². The number of amides is 1. The molecule has 3 aromatic rings. The van der Waals surface area contributed by atoms with Gasteiger partial charge in [0.1, 0.15) is 18.8 Å². The lowest BCUT2D eigenvalue weighted by Gasteiger charge is -2.16. The molecular weight excluding hydrogens is 538 g/mol. The number of benzene rings is 1. The number of aromatic amines is 1. The number of nitrogens with two attached hydrogens (primary N) is 1. The van der Waals surface area contributed by atoms with Crippen LogP contribution in [0.1, 0.15) is 48.7 Å². The maximum Gasteiger partial charge on any atom is 0.326 e. The number of ether oxygens (including phenoxy) is 2. The van der Waals surface area contributed by atoms with Crippen LogP contribution in [0.3, 0.4) is 0 Å². The van der Waals surface area contributed by atoms with Crippen molar-refractivity contribution in [1.82, 2.24) is 25.3 Å². The largest absolute Gasteiger partial charge is 0.480 e. The third-order valence-electron chi connectivity index (χ3n) is 6.51. The molecule has 4 rings (SSSR count). The number of carbonyl (C=O) groups excluding carboxylic acids is 2. The highest BCUT2D eigenvalue weighted by Crippen LogP contribution is 2.23. The van der Waals surface area contributed by atoms with Gasteiger partial charge in [-0.15, -0.1) is 0 Å². The summed E-state index contributed by atoms with van der Waals surface area (Å²) in [6.45, 7) is 2.03. The molecule has 2 aromatic heterocycles. The van der Waals surface area contributed by atoms with E-state index in [1.165, 1.54) is 18.3 Å². The van der Waals surface area contributed by atoms with E-state index in [-0.39, 0.29) is 54.8 Å². The minimum Gasteiger partial charge on any atom is -0.480 e. The zero-order chi connectivity index (χ0) is 29.5. The Hall–Kier alpha value is -4.63. The van der Waals surface area contributed by atoms with Crippen LogP contribution in [0, 0.1) is 0 Å². The van der Waals surface area contributed by atoms with Crippen LogP contribution in [0.15, 0.2) is 35.3 Å². The lowest BCUT2D eigenvalue weighted by molar-refractivity contribution is -0.149. The molecule has 3 heterocycles. The first-order chi connectivity index (χ1) is 19.6. The standard InChI is InChI=1S/C26H31N7O8/c1-2-16-9-18(34)19(41-16)12-40-20(35)8-7-17(25(38)39)31-23(36)13-3-5-14(6-4-13)28-10-15-11-29-22-21(30-15)24(37)33-26(27)32-22/h3-6,11,16-19,28,34H,2,7-10,12H2,1H3,(H,31,36)(H,38,39)(H3,27,29,32,33,37)/t16-,17?,18?,19?/m0/s1. The molecule has 7 N–H and O–H groups in total. The van der Waals surface area contributed by atoms with Gasteiger partial charge >= 0.3 is 11.9 Å². The number of aromatic nitrogens is 4. The molecule has 1 saturated heterocycles. The van der Waals surface area contributed by atoms with Crippen molar-refractivity contribution in [3.8, 4) is 0 Å². The summed E-state index contributed by atoms with van der Waals surface area (Å²) in [4.78, 5) is 63.1. The number of nitrogen functional groups attached to an aromatic ring is 1. The monoisotopic (exact) mass is 569 g/mol. The third-order valence-corrected chi connectivity index (χ3v) is 6.51. The van der Waals surface area contributed by atoms with Crippen LogP contribution in [-0.4, -0.2) is 79.0 Å². The summed E-state index contributed by atoms with van der Waals surface area (Å²) in [6.07, 6.45) is 0.816. The number of carbonyl (C=O) groups is 3. The zero-order valence-corrected chi connectivity index (χ0v) is 22.2. The van der Waals surface area contributed by atoms with Gasteiger partial charge in [-0.1, -0.05) is 6.92 Å². The lowest BCUT2D eigenvalue weighted by Crippen LogP contribution is -2.41. The van der Waals surface area contributed by atoms with Crippen molar-refractivity contribution in [2.75, 3.05) is 17.7 Å². The topological polar surface area (TPSA) is 232 Å². The van der Waals surface area contributed by atoms with Crippen LogP contribution in [0.2, 0.25) is 0 Å². The third kappa shape index (κ3) is 7.73. The zero-order valence-electron chi connectivity index (χ0n) is 22.2. The Morgan fingerprint density at radius 3 is 2.68 bits per heavy atom. The van der Waals surface area contributed by atoms with E-state index in [0.717, 1.165) is 6.42 Å². The molecule has 0 bridgehead atoms. The summed E-state index contributed by atoms with van der Waals surface area (Å²) < 4.78 is 10.7. The van der Waals surface area contributed by atoms with Crippen LogP contribution >= 0.6 is 0 Å². The second kappa shape index (κ2) is 13.1. The molecule has 3 unspecified atom stereocenters. The number of rotatable bonds is 12. The summed E-state index contributed by atoms with van der Waals surface area (Å²) in [5.41, 5.74) is 6.50. The van der Waals surface area contributed by atoms with Gasteiger partial charge in [0, 0.05) is 24.1 Å². The summed E-state index contributed by atoms with van der Waals surface area (Å²) in [6, 6.07) is 4.93. The van der Waals surface area contributed by atoms with Crippen LogP contribution < -0.4 is 21.9 Å². The predicted octanol–water partition coefficient (Wildman–Crippen LogP) is 0.342. The Bertz CT molecular complexity index is 1460. The van der Waals surface area contributed by atoms with Gasteiger partial charge in [-0.2, -0.15) is 4.98 Å². The predicted molar refractivity (Wildman–Crippen MR) is 145 cm³/mol. The fourth-order valence-electron chi connectivity index (χ4n) is 4.22. The maximum atomic E-state index is 12.6. The van der Waals surface area contributed by atoms with Crippen LogP contribution in [0.5, 0.6) is 0 Å². The molecule has 1 aliphatic rings. The van der Waals surface area contributed by atoms with Gasteiger partial charge in [0.15, 0.2) is 11.2 Å². The number of aliphatic hydroxyl groups is 1. The number of carboxylic acids is 1. The van der Waals surface area contributed by atoms with Crippen LogP contribution in [-0.2, 0) is 25.6 Å². The first kappa shape index (κ1) is 29.4. The molecule has 1 aliphatic heterocycles. The van der Waals surface area contributed by atoms with E-state index in [4.69, 9.17) is 15.2 Å². The minimum atomic E-state index is -1.31. The van der Waals surface area contributed by atoms with Gasteiger partial charge in [-0.05, 0) is 37.1 Å². The smallest absolute Gasteiger partial charge is 0.326 e. The van der Waals surface area contributed by atoms with Crippen molar-refractivity contribution in [2.45, 2.75) is 63.5 Å². The van der Waals surface area contributed by atoms with E-state index in [1.54, 1.807) is 12.1 Å². The second-order valence-electron chi connectivity index (χ2n) is 9.51. The maximum absolute atomic E-state index is 12.6. The molecule has 15 heteroatoms. The average Bonchev–Trinajstić information content (AvgIpc) is 3.32. The van der Waals surface area contributed by atoms with Crippen molar-refractivity contribution in [3.63, 3.8) is 0 Å². The highest BCUT2D eigenvalue weighted by molar-refractivity contribution is 5.97. The first-order valence-electron chi connectivity index (χ1n) is 13.0. The van der Waals surface area contributed by atoms with E-state index in [1.807, 2.05) is 6.92 Å². The Balaban J connectivity index is 1.25. The lowest BCUT2D eigenvalue weighted by atomic mass is 10.1. The molecule has 0 radical (unpaired) electrons. The van der Waals surface area contributed by atoms with Crippen molar-refractivity contribution < 1.29 is 34.1 Å². The number of H-pyrrole nitrogens is 1. The molecular formula is C26H31N7O8. The Labute approximate surface area is 233 Å². The number of esters is 1. The number of hydrogen-bond donors (Lipinski definition) is 6. The van der Waals surface area contributed by atoms with Gasteiger partial charge in [0.05, 0.1) is 30.6 Å². The molecule has 0 saturated carbocycles. The van der Waals surface area contributed by atoms with E-state index in [0.29, 0.717) is 17.8 Å². The Morgan fingerprint density at radius 2 is 2.00 bits per heavy atom. The molecule has 1 fully saturated rings. The number of aliphatic hydroxyl groups excluding tert-OH is 1. The fraction of sp³-hybridized carbons (Fsp3) is 0.423. The quantitative estimate of drug-likeness (QED) is 0.162. The van der Waals surface area contributed by atoms with E-state index in [9.17, 15) is 29.4 Å². The van der Waals surface area contributed by atoms with E-state index < -0.39 is 41.7 Å². The number of hydrogen-bond acceptors (Lipinski definition) is 12. The SMILES string of the molecule is CC[C@H]1CC(O)C(COC(=O)CCC(NC(=O)c2ccc(NCc3cnc4nc(N)[nH]c(=O)c4n3)cc2)C(=O)O)O1. The fourth-order valence-corrected chi connectivity index (χ4v) is 4.22. The highest BCUT2D eigenvalue weighted by atomic mass is 16.6. The Morgan fingerprint density at radius 1 is 1.24 bits per heavy atom. The number of carboxylic acid groups (broad SMARTS) is 1. The van der Waals surface area contributed by atoms with Gasteiger partial charge in [0.25, 0.3) is 11.5 Å². The second-order valence-corrected chi connectivity index (χ2v) is 9.51. The van der Waals surface area contributed by atoms with Gasteiger partial charge in [-0.25, -0.2) is 14.8 Å². The summed E-state index contributed by atoms with van der Waals surface area (Å²) >= 11 is 0. The number of fused-ring (bicyclic) bond motifs is 1. The number of nitrogens with one attached hydrogen (secondary N) is 3. The van der Waals surface area contributed by atoms with Crippen molar-refractivity contribution in [3.05, 3.63) is 52.1 Å². The van der Waals surface area contributed by atoms with E-state index >= 15 is 0 Å². The number of anilines is 2. The average molecular weight is 570 g/mol. The van der Waals surface area contributed by atoms with Crippen molar-refractivity contribution in [2.24, 2.45) is 0 Å². The molecule has 218 valence electrons. The summed E-state index contributed by atoms with van der Waals surface area (Å²) in [7, 11) is 0. The first-order valence-corrected chi connectivity index (χ1v) is 13.0. The molecule has 1 amide bonds. The normalized spacial score (nSPS) is 19.0. The van der Waals surface area contributed by atoms with Gasteiger partial charge < -0.3 is 36.1 Å². The molecule has 4 atom stereocenters. The molecule has 0 aliphatic carbocycles. The van der Waals surface area contributed by atoms with Crippen LogP contribution in [0.4, 0.5) is 11.6 Å². The van der Waals surface area contributed by atoms with Gasteiger partial charge in [0.2, 0.25) is 5.95 Å². The summed E-state index contributed by atoms with van der Waals surface area (Å²) in [5.74, 6) is -2.63.